The number of nitrogens with zero attached hydrogens (tertiary/aromatic N) is 2. The molecule has 0 unspecified atom stereocenters. The van der Waals surface area contributed by atoms with Crippen molar-refractivity contribution in [3.05, 3.63) is 18.3 Å². The number of aromatic hydroxyl groups is 1. The molecule has 0 aliphatic rings. The maximum Gasteiger partial charge on any atom is 0.147 e. The van der Waals surface area contributed by atoms with Crippen LogP contribution in [-0.2, 0) is 4.84 Å². The third-order valence-electron chi connectivity index (χ3n) is 1.23. The summed E-state index contributed by atoms with van der Waals surface area (Å²) < 4.78 is 0. The molecule has 70 valence electrons. The molecule has 0 radical (unpaired) electrons. The first kappa shape index (κ1) is 9.85. The Bertz CT molecular complexity index is 291. The van der Waals surface area contributed by atoms with E-state index in [1.54, 1.807) is 24.5 Å². The van der Waals surface area contributed by atoms with E-state index in [1.807, 2.05) is 0 Å². The molecule has 0 atom stereocenters. The minimum atomic E-state index is 0.193. The van der Waals surface area contributed by atoms with E-state index in [4.69, 9.17) is 0 Å². The van der Waals surface area contributed by atoms with Crippen LogP contribution < -0.4 is 0 Å². The first-order valence-corrected chi connectivity index (χ1v) is 4.65. The van der Waals surface area contributed by atoms with Crippen molar-refractivity contribution in [2.75, 3.05) is 12.9 Å². The second kappa shape index (κ2) is 5.42. The quantitative estimate of drug-likeness (QED) is 0.452. The van der Waals surface area contributed by atoms with Crippen LogP contribution in [0.2, 0.25) is 0 Å². The number of rotatable bonds is 4. The van der Waals surface area contributed by atoms with Crippen molar-refractivity contribution in [1.29, 1.82) is 0 Å². The standard InChI is InChI=1S/C8H10N2O2S/c1-12-10-5-6-13-8-7(11)3-2-4-9-8/h2-5,11H,6H2,1H3. The van der Waals surface area contributed by atoms with Crippen LogP contribution in [0.4, 0.5) is 0 Å². The number of thioether (sulfide) groups is 1. The van der Waals surface area contributed by atoms with Gasteiger partial charge in [-0.1, -0.05) is 16.9 Å². The third kappa shape index (κ3) is 3.33. The Morgan fingerprint density at radius 2 is 2.62 bits per heavy atom. The summed E-state index contributed by atoms with van der Waals surface area (Å²) >= 11 is 1.40. The van der Waals surface area contributed by atoms with Gasteiger partial charge in [-0.05, 0) is 12.1 Å². The Labute approximate surface area is 80.6 Å². The van der Waals surface area contributed by atoms with Crippen LogP contribution in [0.5, 0.6) is 5.75 Å². The molecule has 0 amide bonds. The predicted molar refractivity (Wildman–Crippen MR) is 52.1 cm³/mol. The highest BCUT2D eigenvalue weighted by Gasteiger charge is 1.99. The molecule has 0 saturated carbocycles. The number of hydrogen-bond acceptors (Lipinski definition) is 5. The van der Waals surface area contributed by atoms with Crippen LogP contribution in [-0.4, -0.2) is 29.2 Å². The van der Waals surface area contributed by atoms with E-state index in [-0.39, 0.29) is 5.75 Å². The van der Waals surface area contributed by atoms with Crippen LogP contribution in [0.15, 0.2) is 28.5 Å². The molecule has 13 heavy (non-hydrogen) atoms. The molecule has 0 fully saturated rings. The Hall–Kier alpha value is -1.23. The van der Waals surface area contributed by atoms with Crippen LogP contribution in [0.25, 0.3) is 0 Å². The smallest absolute Gasteiger partial charge is 0.147 e. The fraction of sp³-hybridized carbons (Fsp3) is 0.250. The van der Waals surface area contributed by atoms with E-state index >= 15 is 0 Å². The lowest BCUT2D eigenvalue weighted by molar-refractivity contribution is 0.215. The zero-order valence-electron chi connectivity index (χ0n) is 7.17. The van der Waals surface area contributed by atoms with E-state index in [9.17, 15) is 5.11 Å². The summed E-state index contributed by atoms with van der Waals surface area (Å²) in [7, 11) is 1.49. The molecule has 5 heteroatoms. The van der Waals surface area contributed by atoms with E-state index in [1.165, 1.54) is 18.9 Å². The van der Waals surface area contributed by atoms with Crippen molar-refractivity contribution in [3.8, 4) is 5.75 Å². The molecule has 1 aromatic heterocycles. The van der Waals surface area contributed by atoms with Gasteiger partial charge in [0.1, 0.15) is 17.9 Å². The average Bonchev–Trinajstić information content (AvgIpc) is 2.15. The summed E-state index contributed by atoms with van der Waals surface area (Å²) in [5.74, 6) is 0.816. The molecule has 1 heterocycles. The molecular formula is C8H10N2O2S. The van der Waals surface area contributed by atoms with Crippen LogP contribution >= 0.6 is 11.8 Å². The molecular weight excluding hydrogens is 188 g/mol. The summed E-state index contributed by atoms with van der Waals surface area (Å²) in [6.07, 6.45) is 3.24. The molecule has 0 saturated heterocycles. The van der Waals surface area contributed by atoms with Crippen LogP contribution in [0, 0.1) is 0 Å². The fourth-order valence-corrected chi connectivity index (χ4v) is 1.36. The molecule has 0 aliphatic carbocycles. The lowest BCUT2D eigenvalue weighted by atomic mass is 10.5. The largest absolute Gasteiger partial charge is 0.505 e. The molecule has 0 spiro atoms. The molecule has 0 aliphatic heterocycles. The maximum absolute atomic E-state index is 9.31. The number of pyridine rings is 1. The monoisotopic (exact) mass is 198 g/mol. The Morgan fingerprint density at radius 1 is 1.77 bits per heavy atom. The normalized spacial score (nSPS) is 10.5. The minimum Gasteiger partial charge on any atom is -0.505 e. The molecule has 1 aromatic rings. The second-order valence-electron chi connectivity index (χ2n) is 2.11. The second-order valence-corrected chi connectivity index (χ2v) is 3.12. The lowest BCUT2D eigenvalue weighted by Crippen LogP contribution is -1.84. The summed E-state index contributed by atoms with van der Waals surface area (Å²) in [6.45, 7) is 0. The van der Waals surface area contributed by atoms with Gasteiger partial charge < -0.3 is 9.94 Å². The number of aromatic nitrogens is 1. The molecule has 0 bridgehead atoms. The predicted octanol–water partition coefficient (Wildman–Crippen LogP) is 1.51. The molecule has 1 rings (SSSR count). The van der Waals surface area contributed by atoms with Gasteiger partial charge in [-0.2, -0.15) is 0 Å². The zero-order valence-corrected chi connectivity index (χ0v) is 7.99. The molecule has 1 N–H and O–H groups in total. The highest BCUT2D eigenvalue weighted by Crippen LogP contribution is 2.23. The molecule has 4 nitrogen and oxygen atoms in total. The van der Waals surface area contributed by atoms with Crippen molar-refractivity contribution in [2.24, 2.45) is 5.16 Å². The van der Waals surface area contributed by atoms with E-state index in [0.29, 0.717) is 10.8 Å². The van der Waals surface area contributed by atoms with E-state index in [2.05, 4.69) is 15.0 Å². The van der Waals surface area contributed by atoms with Crippen molar-refractivity contribution < 1.29 is 9.94 Å². The van der Waals surface area contributed by atoms with Gasteiger partial charge in [-0.25, -0.2) is 4.98 Å². The summed E-state index contributed by atoms with van der Waals surface area (Å²) in [4.78, 5) is 8.47. The SMILES string of the molecule is CON=CCSc1ncccc1O. The summed E-state index contributed by atoms with van der Waals surface area (Å²) in [5.41, 5.74) is 0. The first-order valence-electron chi connectivity index (χ1n) is 3.66. The topological polar surface area (TPSA) is 54.7 Å². The van der Waals surface area contributed by atoms with Gasteiger partial charge in [-0.15, -0.1) is 0 Å². The maximum atomic E-state index is 9.31. The van der Waals surface area contributed by atoms with Gasteiger partial charge >= 0.3 is 0 Å². The Balaban J connectivity index is 2.45. The first-order chi connectivity index (χ1) is 6.34. The van der Waals surface area contributed by atoms with Crippen molar-refractivity contribution in [1.82, 2.24) is 4.98 Å². The van der Waals surface area contributed by atoms with Crippen LogP contribution in [0.1, 0.15) is 0 Å². The van der Waals surface area contributed by atoms with E-state index < -0.39 is 0 Å². The number of hydrogen-bond donors (Lipinski definition) is 1. The highest BCUT2D eigenvalue weighted by molar-refractivity contribution is 7.99. The lowest BCUT2D eigenvalue weighted by Gasteiger charge is -1.98. The average molecular weight is 198 g/mol. The van der Waals surface area contributed by atoms with E-state index in [0.717, 1.165) is 0 Å². The Kier molecular flexibility index (Phi) is 4.11. The molecule has 0 aromatic carbocycles. The Morgan fingerprint density at radius 3 is 3.31 bits per heavy atom. The zero-order chi connectivity index (χ0) is 9.52. The van der Waals surface area contributed by atoms with Gasteiger partial charge in [-0.3, -0.25) is 0 Å². The van der Waals surface area contributed by atoms with Crippen molar-refractivity contribution in [3.63, 3.8) is 0 Å². The van der Waals surface area contributed by atoms with Gasteiger partial charge in [0, 0.05) is 11.9 Å². The van der Waals surface area contributed by atoms with Crippen molar-refractivity contribution in [2.45, 2.75) is 5.03 Å². The van der Waals surface area contributed by atoms with Gasteiger partial charge in [0.05, 0.1) is 6.21 Å². The number of oxime groups is 1. The van der Waals surface area contributed by atoms with Crippen LogP contribution in [0.3, 0.4) is 0 Å². The fourth-order valence-electron chi connectivity index (χ4n) is 0.715. The third-order valence-corrected chi connectivity index (χ3v) is 2.13. The van der Waals surface area contributed by atoms with Gasteiger partial charge in [0.25, 0.3) is 0 Å². The van der Waals surface area contributed by atoms with Crippen molar-refractivity contribution >= 4 is 18.0 Å². The van der Waals surface area contributed by atoms with Gasteiger partial charge in [0.2, 0.25) is 0 Å². The summed E-state index contributed by atoms with van der Waals surface area (Å²) in [5, 5.41) is 13.5. The highest BCUT2D eigenvalue weighted by atomic mass is 32.2. The summed E-state index contributed by atoms with van der Waals surface area (Å²) in [6, 6.07) is 3.28. The minimum absolute atomic E-state index is 0.193. The van der Waals surface area contributed by atoms with Gasteiger partial charge in [0.15, 0.2) is 0 Å².